The van der Waals surface area contributed by atoms with E-state index in [1.54, 1.807) is 57.2 Å². The number of carbonyl (C=O) groups is 2. The second-order valence-corrected chi connectivity index (χ2v) is 14.9. The van der Waals surface area contributed by atoms with Crippen LogP contribution in [0.1, 0.15) is 45.6 Å². The zero-order valence-corrected chi connectivity index (χ0v) is 26.4. The third kappa shape index (κ3) is 6.75. The van der Waals surface area contributed by atoms with Crippen LogP contribution in [-0.2, 0) is 26.0 Å². The van der Waals surface area contributed by atoms with Crippen LogP contribution in [0.15, 0.2) is 47.4 Å². The molecule has 2 bridgehead atoms. The van der Waals surface area contributed by atoms with Crippen LogP contribution >= 0.6 is 0 Å². The number of hydrogen-bond acceptors (Lipinski definition) is 7. The molecule has 236 valence electrons. The zero-order valence-electron chi connectivity index (χ0n) is 25.6. The molecule has 10 nitrogen and oxygen atoms in total. The Bertz CT molecular complexity index is 1560. The first kappa shape index (κ1) is 31.9. The van der Waals surface area contributed by atoms with Crippen molar-refractivity contribution >= 4 is 22.0 Å². The Labute approximate surface area is 258 Å². The molecule has 4 atom stereocenters. The molecule has 1 aliphatic carbocycles. The van der Waals surface area contributed by atoms with Gasteiger partial charge in [-0.15, -0.1) is 0 Å². The van der Waals surface area contributed by atoms with Crippen molar-refractivity contribution in [1.29, 1.82) is 5.26 Å². The van der Waals surface area contributed by atoms with E-state index in [9.17, 15) is 23.3 Å². The van der Waals surface area contributed by atoms with Gasteiger partial charge >= 0.3 is 6.09 Å². The fourth-order valence-corrected chi connectivity index (χ4v) is 7.88. The molecule has 3 fully saturated rings. The van der Waals surface area contributed by atoms with E-state index in [0.29, 0.717) is 43.7 Å². The molecule has 0 spiro atoms. The summed E-state index contributed by atoms with van der Waals surface area (Å²) in [7, 11) is -1.74. The van der Waals surface area contributed by atoms with Gasteiger partial charge in [0, 0.05) is 38.6 Å². The van der Waals surface area contributed by atoms with Crippen molar-refractivity contribution in [2.24, 2.45) is 5.92 Å². The second-order valence-electron chi connectivity index (χ2n) is 13.0. The maximum Gasteiger partial charge on any atom is 0.411 e. The molecule has 44 heavy (non-hydrogen) atoms. The summed E-state index contributed by atoms with van der Waals surface area (Å²) < 4.78 is 48.9. The number of carbonyl (C=O) groups excluding carboxylic acids is 2. The molecule has 0 radical (unpaired) electrons. The summed E-state index contributed by atoms with van der Waals surface area (Å²) in [5.41, 5.74) is 0.571. The molecule has 2 aromatic rings. The Kier molecular flexibility index (Phi) is 9.03. The van der Waals surface area contributed by atoms with Crippen LogP contribution in [0.25, 0.3) is 11.1 Å². The number of nitrogens with zero attached hydrogens (tertiary/aromatic N) is 4. The summed E-state index contributed by atoms with van der Waals surface area (Å²) in [6, 6.07) is 11.2. The molecule has 2 heterocycles. The van der Waals surface area contributed by atoms with Crippen LogP contribution in [0.2, 0.25) is 0 Å². The van der Waals surface area contributed by atoms with Crippen molar-refractivity contribution in [2.45, 2.75) is 75.1 Å². The summed E-state index contributed by atoms with van der Waals surface area (Å²) in [4.78, 5) is 30.1. The Hall–Kier alpha value is -3.53. The first-order valence-electron chi connectivity index (χ1n) is 15.1. The maximum absolute atomic E-state index is 15.4. The molecule has 2 aliphatic heterocycles. The monoisotopic (exact) mass is 625 g/mol. The van der Waals surface area contributed by atoms with E-state index >= 15 is 4.39 Å². The number of piperazine rings is 1. The van der Waals surface area contributed by atoms with Gasteiger partial charge in [-0.3, -0.25) is 9.69 Å². The standard InChI is InChI=1S/C32H40FN5O5S/c1-32(2,3)43-31(40)38-26-11-10-24(17-26)29(38)30(39)35-25(20-34)16-23-9-8-22(19-28(23)33)21-6-5-7-27(18-21)44(41,42)37-14-12-36(4)13-15-37/h5-9,18-19,24-26,29H,10-17H2,1-4H3,(H,35,39)/t24-,25-,26+,29-/m0/s1. The normalized spacial score (nSPS) is 23.3. The van der Waals surface area contributed by atoms with Gasteiger partial charge in [0.2, 0.25) is 15.9 Å². The number of benzene rings is 2. The van der Waals surface area contributed by atoms with Gasteiger partial charge in [0.05, 0.1) is 11.0 Å². The molecule has 1 saturated carbocycles. The maximum atomic E-state index is 15.4. The predicted molar refractivity (Wildman–Crippen MR) is 162 cm³/mol. The molecule has 5 rings (SSSR count). The summed E-state index contributed by atoms with van der Waals surface area (Å²) >= 11 is 0. The molecule has 2 amide bonds. The van der Waals surface area contributed by atoms with Gasteiger partial charge in [-0.05, 0) is 87.9 Å². The van der Waals surface area contributed by atoms with Gasteiger partial charge < -0.3 is 15.0 Å². The van der Waals surface area contributed by atoms with Gasteiger partial charge in [0.15, 0.2) is 0 Å². The quantitative estimate of drug-likeness (QED) is 0.497. The van der Waals surface area contributed by atoms with Crippen LogP contribution < -0.4 is 5.32 Å². The molecule has 2 aromatic carbocycles. The van der Waals surface area contributed by atoms with Gasteiger partial charge in [-0.25, -0.2) is 17.6 Å². The third-order valence-electron chi connectivity index (χ3n) is 8.67. The van der Waals surface area contributed by atoms with Crippen LogP contribution in [0.3, 0.4) is 0 Å². The fourth-order valence-electron chi connectivity index (χ4n) is 6.41. The molecular weight excluding hydrogens is 585 g/mol. The fraction of sp³-hybridized carbons (Fsp3) is 0.531. The van der Waals surface area contributed by atoms with Crippen LogP contribution in [-0.4, -0.2) is 91.5 Å². The lowest BCUT2D eigenvalue weighted by molar-refractivity contribution is -0.128. The van der Waals surface area contributed by atoms with Crippen molar-refractivity contribution < 1.29 is 27.1 Å². The number of piperidine rings is 1. The van der Waals surface area contributed by atoms with E-state index in [-0.39, 0.29) is 28.8 Å². The SMILES string of the molecule is CN1CCN(S(=O)(=O)c2cccc(-c3ccc(C[C@@H](C#N)NC(=O)[C@@H]4[C@H]5CC[C@H](C5)N4C(=O)OC(C)(C)C)c(F)c3)c2)CC1. The van der Waals surface area contributed by atoms with E-state index in [1.807, 2.05) is 7.05 Å². The molecular formula is C32H40FN5O5S. The van der Waals surface area contributed by atoms with E-state index in [2.05, 4.69) is 16.3 Å². The average Bonchev–Trinajstić information content (AvgIpc) is 3.59. The van der Waals surface area contributed by atoms with Crippen molar-refractivity contribution in [1.82, 2.24) is 19.4 Å². The molecule has 1 N–H and O–H groups in total. The summed E-state index contributed by atoms with van der Waals surface area (Å²) in [6.07, 6.45) is 1.72. The Morgan fingerprint density at radius 2 is 1.80 bits per heavy atom. The van der Waals surface area contributed by atoms with Gasteiger partial charge in [0.1, 0.15) is 23.5 Å². The third-order valence-corrected chi connectivity index (χ3v) is 10.6. The highest BCUT2D eigenvalue weighted by molar-refractivity contribution is 7.89. The largest absolute Gasteiger partial charge is 0.444 e. The lowest BCUT2D eigenvalue weighted by atomic mass is 9.97. The highest BCUT2D eigenvalue weighted by Gasteiger charge is 2.52. The number of sulfonamides is 1. The Morgan fingerprint density at radius 1 is 1.09 bits per heavy atom. The summed E-state index contributed by atoms with van der Waals surface area (Å²) in [5.74, 6) is -1.02. The van der Waals surface area contributed by atoms with Crippen molar-refractivity contribution in [2.75, 3.05) is 33.2 Å². The first-order chi connectivity index (χ1) is 20.8. The van der Waals surface area contributed by atoms with Gasteiger partial charge in [-0.2, -0.15) is 9.57 Å². The topological polar surface area (TPSA) is 123 Å². The number of rotatable bonds is 7. The Balaban J connectivity index is 1.27. The number of nitriles is 1. The molecule has 3 aliphatic rings. The number of amides is 2. The first-order valence-corrected chi connectivity index (χ1v) is 16.5. The molecule has 2 saturated heterocycles. The lowest BCUT2D eigenvalue weighted by Gasteiger charge is -2.35. The van der Waals surface area contributed by atoms with Crippen LogP contribution in [0, 0.1) is 23.1 Å². The summed E-state index contributed by atoms with van der Waals surface area (Å²) in [5, 5.41) is 12.6. The van der Waals surface area contributed by atoms with Gasteiger partial charge in [-0.1, -0.05) is 24.3 Å². The minimum absolute atomic E-state index is 0.0151. The minimum Gasteiger partial charge on any atom is -0.444 e. The number of halogens is 1. The zero-order chi connectivity index (χ0) is 31.8. The van der Waals surface area contributed by atoms with Crippen molar-refractivity contribution in [3.8, 4) is 17.2 Å². The number of nitrogens with one attached hydrogen (secondary N) is 1. The average molecular weight is 626 g/mol. The van der Waals surface area contributed by atoms with Crippen LogP contribution in [0.5, 0.6) is 0 Å². The highest BCUT2D eigenvalue weighted by atomic mass is 32.2. The molecule has 12 heteroatoms. The number of fused-ring (bicyclic) bond motifs is 2. The lowest BCUT2D eigenvalue weighted by Crippen LogP contribution is -2.55. The Morgan fingerprint density at radius 3 is 2.45 bits per heavy atom. The minimum atomic E-state index is -3.69. The van der Waals surface area contributed by atoms with E-state index in [0.717, 1.165) is 12.8 Å². The van der Waals surface area contributed by atoms with Gasteiger partial charge in [0.25, 0.3) is 0 Å². The summed E-state index contributed by atoms with van der Waals surface area (Å²) in [6.45, 7) is 7.43. The second kappa shape index (κ2) is 12.5. The number of ether oxygens (including phenoxy) is 1. The molecule has 0 aromatic heterocycles. The van der Waals surface area contributed by atoms with E-state index in [1.165, 1.54) is 15.3 Å². The predicted octanol–water partition coefficient (Wildman–Crippen LogP) is 3.77. The smallest absolute Gasteiger partial charge is 0.411 e. The number of likely N-dealkylation sites (N-methyl/N-ethyl adjacent to an activating group) is 1. The van der Waals surface area contributed by atoms with Crippen molar-refractivity contribution in [3.05, 3.63) is 53.8 Å². The highest BCUT2D eigenvalue weighted by Crippen LogP contribution is 2.43. The van der Waals surface area contributed by atoms with Crippen LogP contribution in [0.4, 0.5) is 9.18 Å². The van der Waals surface area contributed by atoms with Crippen molar-refractivity contribution in [3.63, 3.8) is 0 Å². The number of hydrogen-bond donors (Lipinski definition) is 1. The molecule has 0 unspecified atom stereocenters. The number of likely N-dealkylation sites (tertiary alicyclic amines) is 1. The van der Waals surface area contributed by atoms with E-state index in [4.69, 9.17) is 4.74 Å². The van der Waals surface area contributed by atoms with E-state index < -0.39 is 45.5 Å².